The minimum atomic E-state index is -2.35. The lowest BCUT2D eigenvalue weighted by Gasteiger charge is -2.45. The van der Waals surface area contributed by atoms with Gasteiger partial charge < -0.3 is 43.4 Å². The van der Waals surface area contributed by atoms with Gasteiger partial charge in [0, 0.05) is 118 Å². The van der Waals surface area contributed by atoms with Crippen molar-refractivity contribution in [2.24, 2.45) is 0 Å². The van der Waals surface area contributed by atoms with E-state index in [9.17, 15) is 29.4 Å². The van der Waals surface area contributed by atoms with Crippen molar-refractivity contribution >= 4 is 39.8 Å². The molecule has 8 aliphatic heterocycles. The van der Waals surface area contributed by atoms with E-state index in [1.807, 2.05) is 49.9 Å². The molecule has 29 heteroatoms. The Morgan fingerprint density at radius 1 is 0.468 bits per heavy atom. The van der Waals surface area contributed by atoms with Gasteiger partial charge in [-0.1, -0.05) is 30.3 Å². The van der Waals surface area contributed by atoms with Gasteiger partial charge in [-0.2, -0.15) is 0 Å². The molecule has 0 spiro atoms. The van der Waals surface area contributed by atoms with Gasteiger partial charge >= 0.3 is 52.7 Å². The maximum absolute atomic E-state index is 12.5. The van der Waals surface area contributed by atoms with Crippen molar-refractivity contribution in [2.75, 3.05) is 211 Å². The van der Waals surface area contributed by atoms with Gasteiger partial charge in [-0.05, 0) is 5.56 Å². The van der Waals surface area contributed by atoms with Crippen LogP contribution in [0.1, 0.15) is 5.56 Å². The SMILES string of the molecule is COC(=O)CN1CCN(CC(O)COCC(COCC(O)CN2CCN(CC(=O)OC)CCN(C[P+]34OC(O3)O4)CCN(CC(=O)OC)CC2)OCc2ccccc2)CCN(CC(=O)OC)CCN(C[P+]23OC(O2)O3)CC1. The van der Waals surface area contributed by atoms with Gasteiger partial charge in [0.1, 0.15) is 6.10 Å². The Morgan fingerprint density at radius 3 is 1.05 bits per heavy atom. The van der Waals surface area contributed by atoms with E-state index in [2.05, 4.69) is 19.6 Å². The van der Waals surface area contributed by atoms with E-state index in [0.29, 0.717) is 117 Å². The Hall–Kier alpha value is -2.80. The molecule has 2 atom stereocenters. The predicted octanol–water partition coefficient (Wildman–Crippen LogP) is -1.38. The fourth-order valence-corrected chi connectivity index (χ4v) is 12.9. The van der Waals surface area contributed by atoms with E-state index < -0.39 is 47.2 Å². The zero-order valence-corrected chi connectivity index (χ0v) is 46.9. The Morgan fingerprint density at radius 2 is 0.766 bits per heavy atom. The molecule has 1 aromatic carbocycles. The number of methoxy groups -OCH3 is 4. The van der Waals surface area contributed by atoms with Gasteiger partial charge in [0.25, 0.3) is 0 Å². The molecule has 8 aliphatic rings. The molecular weight excluding hydrogens is 1050 g/mol. The maximum Gasteiger partial charge on any atom is 0.443 e. The van der Waals surface area contributed by atoms with Crippen molar-refractivity contribution in [3.05, 3.63) is 35.9 Å². The van der Waals surface area contributed by atoms with Crippen LogP contribution in [0, 0.1) is 0 Å². The number of benzene rings is 1. The molecule has 0 aromatic heterocycles. The van der Waals surface area contributed by atoms with Crippen molar-refractivity contribution in [3.63, 3.8) is 0 Å². The van der Waals surface area contributed by atoms with Gasteiger partial charge in [-0.15, -0.1) is 27.1 Å². The molecule has 8 saturated heterocycles. The number of aliphatic hydroxyl groups excluding tert-OH is 2. The molecule has 77 heavy (non-hydrogen) atoms. The molecule has 8 fully saturated rings. The zero-order valence-electron chi connectivity index (χ0n) is 45.1. The highest BCUT2D eigenvalue weighted by Crippen LogP contribution is 2.83. The van der Waals surface area contributed by atoms with Gasteiger partial charge in [-0.25, -0.2) is 0 Å². The maximum atomic E-state index is 12.5. The second kappa shape index (κ2) is 31.4. The molecule has 9 rings (SSSR count). The summed E-state index contributed by atoms with van der Waals surface area (Å²) in [6, 6.07) is 9.70. The largest absolute Gasteiger partial charge is 0.468 e. The first-order chi connectivity index (χ1) is 37.2. The van der Waals surface area contributed by atoms with Crippen LogP contribution in [0.5, 0.6) is 0 Å². The first kappa shape index (κ1) is 61.8. The third-order valence-electron chi connectivity index (χ3n) is 13.9. The van der Waals surface area contributed by atoms with Crippen molar-refractivity contribution in [1.82, 2.24) is 39.2 Å². The molecule has 27 nitrogen and oxygen atoms in total. The minimum absolute atomic E-state index is 0.0121. The normalized spacial score (nSPS) is 27.3. The number of carbonyl (C=O) groups excluding carboxylic acids is 4. The van der Waals surface area contributed by atoms with Crippen molar-refractivity contribution in [1.29, 1.82) is 0 Å². The number of carbonyl (C=O) groups is 4. The smallest absolute Gasteiger partial charge is 0.443 e. The lowest BCUT2D eigenvalue weighted by atomic mass is 10.2. The summed E-state index contributed by atoms with van der Waals surface area (Å²) >= 11 is 0. The topological polar surface area (TPSA) is 255 Å². The average Bonchev–Trinajstić information content (AvgIpc) is 3.40. The molecule has 0 radical (unpaired) electrons. The van der Waals surface area contributed by atoms with Crippen LogP contribution in [0.3, 0.4) is 0 Å². The van der Waals surface area contributed by atoms with E-state index >= 15 is 0 Å². The summed E-state index contributed by atoms with van der Waals surface area (Å²) in [4.78, 5) is 66.7. The van der Waals surface area contributed by atoms with E-state index in [-0.39, 0.29) is 96.2 Å². The molecule has 8 heterocycles. The Bertz CT molecular complexity index is 1770. The first-order valence-corrected chi connectivity index (χ1v) is 29.8. The summed E-state index contributed by atoms with van der Waals surface area (Å²) in [6.07, 6.45) is -1.42. The monoisotopic (exact) mass is 1140 g/mol. The van der Waals surface area contributed by atoms with Crippen LogP contribution in [0.25, 0.3) is 0 Å². The minimum Gasteiger partial charge on any atom is -0.468 e. The van der Waals surface area contributed by atoms with Crippen molar-refractivity contribution in [2.45, 2.75) is 37.9 Å². The zero-order chi connectivity index (χ0) is 54.6. The van der Waals surface area contributed by atoms with Crippen LogP contribution >= 0.6 is 15.9 Å². The van der Waals surface area contributed by atoms with Crippen LogP contribution in [0.2, 0.25) is 0 Å². The molecule has 0 amide bonds. The van der Waals surface area contributed by atoms with Crippen LogP contribution in [0.15, 0.2) is 30.3 Å². The number of rotatable bonds is 27. The molecule has 4 bridgehead atoms. The Labute approximate surface area is 452 Å². The summed E-state index contributed by atoms with van der Waals surface area (Å²) in [5.74, 6) is -1.43. The number of nitrogens with zero attached hydrogens (tertiary/aromatic N) is 8. The van der Waals surface area contributed by atoms with Crippen LogP contribution in [-0.2, 0) is 86.1 Å². The van der Waals surface area contributed by atoms with Gasteiger partial charge in [0.05, 0.1) is 99.9 Å². The van der Waals surface area contributed by atoms with E-state index in [1.165, 1.54) is 28.4 Å². The predicted molar refractivity (Wildman–Crippen MR) is 276 cm³/mol. The quantitative estimate of drug-likeness (QED) is 0.0585. The number of ether oxygens (including phenoxy) is 7. The lowest BCUT2D eigenvalue weighted by molar-refractivity contribution is -0.332. The molecule has 0 saturated carbocycles. The Balaban J connectivity index is 0.918. The molecule has 436 valence electrons. The number of esters is 4. The fraction of sp³-hybridized carbons (Fsp3) is 0.792. The van der Waals surface area contributed by atoms with E-state index in [1.54, 1.807) is 0 Å². The van der Waals surface area contributed by atoms with Crippen LogP contribution in [0.4, 0.5) is 0 Å². The summed E-state index contributed by atoms with van der Waals surface area (Å²) in [5, 5.41) is 22.9. The second-order valence-electron chi connectivity index (χ2n) is 19.8. The third kappa shape index (κ3) is 20.6. The standard InChI is InChI=1S/C48H82N8O19P2/c1-63-43(59)28-51-14-10-49(11-15-52(29-44(60)64-2)19-23-55(22-18-51)37-76-70-47(71-76)72-76)26-40(57)33-67-35-42(69-32-39-8-6-5-7-9-39)36-68-34-41(58)27-50-12-16-53(30-45(61)65-3)20-24-56(38-77-73-48(74-77)75-77)25-21-54(17-13-50)31-46(62)66-4/h5-9,40-42,47-48,57-58H,10-38H2,1-4H3/q+2. The van der Waals surface area contributed by atoms with Crippen molar-refractivity contribution in [3.8, 4) is 0 Å². The summed E-state index contributed by atoms with van der Waals surface area (Å²) in [7, 11) is 0.762. The van der Waals surface area contributed by atoms with Crippen LogP contribution < -0.4 is 0 Å². The number of hydrogen-bond acceptors (Lipinski definition) is 27. The van der Waals surface area contributed by atoms with E-state index in [4.69, 9.17) is 60.3 Å². The molecule has 1 aromatic rings. The van der Waals surface area contributed by atoms with Crippen LogP contribution in [-0.4, -0.2) is 316 Å². The molecule has 2 N–H and O–H groups in total. The number of β-amino-alcohol motifs (C(OH)–C–C–N with tert-alkyl or cyclic N) is 2. The molecular formula is C48H82N8O19P2+2. The van der Waals surface area contributed by atoms with Gasteiger partial charge in [0.15, 0.2) is 12.6 Å². The lowest BCUT2D eigenvalue weighted by Crippen LogP contribution is -2.53. The molecule has 0 aliphatic carbocycles. The first-order valence-electron chi connectivity index (χ1n) is 26.3. The number of aliphatic hydroxyl groups is 2. The summed E-state index contributed by atoms with van der Waals surface area (Å²) in [5.41, 5.74) is 0.954. The summed E-state index contributed by atoms with van der Waals surface area (Å²) in [6.45, 7) is 8.67. The average molecular weight is 1140 g/mol. The summed E-state index contributed by atoms with van der Waals surface area (Å²) < 4.78 is 72.8. The highest BCUT2D eigenvalue weighted by atomic mass is 31.2. The number of hydrogen-bond donors (Lipinski definition) is 2. The highest BCUT2D eigenvalue weighted by Gasteiger charge is 2.78. The second-order valence-corrected chi connectivity index (χ2v) is 24.0. The fourth-order valence-electron chi connectivity index (χ4n) is 9.26. The Kier molecular flexibility index (Phi) is 25.2. The van der Waals surface area contributed by atoms with Gasteiger partial charge in [-0.3, -0.25) is 58.4 Å². The third-order valence-corrected chi connectivity index (χ3v) is 18.4. The van der Waals surface area contributed by atoms with E-state index in [0.717, 1.165) is 5.56 Å². The highest BCUT2D eigenvalue weighted by molar-refractivity contribution is 7.64. The van der Waals surface area contributed by atoms with Crippen molar-refractivity contribution < 1.29 is 89.7 Å². The van der Waals surface area contributed by atoms with Gasteiger partial charge in [0.2, 0.25) is 0 Å². The molecule has 2 unspecified atom stereocenters.